The van der Waals surface area contributed by atoms with Gasteiger partial charge in [0.2, 0.25) is 5.91 Å². The Kier molecular flexibility index (Phi) is 4.72. The molecule has 3 nitrogen and oxygen atoms in total. The molecule has 0 unspecified atom stereocenters. The molecule has 1 amide bonds. The van der Waals surface area contributed by atoms with E-state index in [1.807, 2.05) is 0 Å². The van der Waals surface area contributed by atoms with Gasteiger partial charge in [0, 0.05) is 12.6 Å². The van der Waals surface area contributed by atoms with Crippen LogP contribution in [0.4, 0.5) is 13.2 Å². The van der Waals surface area contributed by atoms with Gasteiger partial charge in [-0.25, -0.2) is 0 Å². The third kappa shape index (κ3) is 5.88. The number of carbonyl (C=O) groups is 1. The number of hydrogen-bond acceptors (Lipinski definition) is 3. The first kappa shape index (κ1) is 12.6. The standard InChI is InChI=1S/C8H13F3N2OS/c9-8(10,11)15-5-7(14)13-6-2-1-3-12-4-6/h6,12H,1-5H2,(H,13,14)/t6-/m0/s1. The molecule has 7 heteroatoms. The van der Waals surface area contributed by atoms with E-state index < -0.39 is 17.2 Å². The maximum Gasteiger partial charge on any atom is 0.442 e. The van der Waals surface area contributed by atoms with Crippen molar-refractivity contribution in [2.24, 2.45) is 0 Å². The third-order valence-electron chi connectivity index (χ3n) is 2.03. The molecular formula is C8H13F3N2OS. The quantitative estimate of drug-likeness (QED) is 0.779. The summed E-state index contributed by atoms with van der Waals surface area (Å²) in [7, 11) is 0. The van der Waals surface area contributed by atoms with Crippen molar-refractivity contribution in [2.45, 2.75) is 24.4 Å². The number of nitrogens with one attached hydrogen (secondary N) is 2. The highest BCUT2D eigenvalue weighted by atomic mass is 32.2. The minimum atomic E-state index is -4.33. The van der Waals surface area contributed by atoms with Crippen molar-refractivity contribution in [3.63, 3.8) is 0 Å². The Balaban J connectivity index is 2.17. The summed E-state index contributed by atoms with van der Waals surface area (Å²) in [5.41, 5.74) is -4.33. The number of carbonyl (C=O) groups excluding carboxylic acids is 1. The number of rotatable bonds is 3. The summed E-state index contributed by atoms with van der Waals surface area (Å²) in [5, 5.41) is 5.64. The maximum absolute atomic E-state index is 11.8. The van der Waals surface area contributed by atoms with E-state index in [-0.39, 0.29) is 17.8 Å². The van der Waals surface area contributed by atoms with Crippen LogP contribution in [0.2, 0.25) is 0 Å². The van der Waals surface area contributed by atoms with Crippen LogP contribution in [0.1, 0.15) is 12.8 Å². The molecule has 1 aliphatic heterocycles. The average molecular weight is 242 g/mol. The van der Waals surface area contributed by atoms with Gasteiger partial charge in [-0.15, -0.1) is 0 Å². The zero-order valence-corrected chi connectivity index (χ0v) is 8.88. The Morgan fingerprint density at radius 3 is 2.80 bits per heavy atom. The van der Waals surface area contributed by atoms with Gasteiger partial charge in [0.1, 0.15) is 0 Å². The molecule has 88 valence electrons. The summed E-state index contributed by atoms with van der Waals surface area (Å²) in [5.74, 6) is -1.11. The zero-order valence-electron chi connectivity index (χ0n) is 8.06. The van der Waals surface area contributed by atoms with Gasteiger partial charge in [-0.05, 0) is 31.1 Å². The van der Waals surface area contributed by atoms with Gasteiger partial charge < -0.3 is 10.6 Å². The van der Waals surface area contributed by atoms with Crippen LogP contribution in [0, 0.1) is 0 Å². The molecule has 1 saturated heterocycles. The van der Waals surface area contributed by atoms with Crippen molar-refractivity contribution in [1.29, 1.82) is 0 Å². The molecule has 2 N–H and O–H groups in total. The van der Waals surface area contributed by atoms with Crippen LogP contribution in [-0.2, 0) is 4.79 Å². The minimum Gasteiger partial charge on any atom is -0.351 e. The van der Waals surface area contributed by atoms with E-state index in [0.717, 1.165) is 19.4 Å². The number of piperidine rings is 1. The first-order valence-electron chi connectivity index (χ1n) is 4.68. The second kappa shape index (κ2) is 5.60. The van der Waals surface area contributed by atoms with Crippen molar-refractivity contribution < 1.29 is 18.0 Å². The van der Waals surface area contributed by atoms with Crippen molar-refractivity contribution in [1.82, 2.24) is 10.6 Å². The van der Waals surface area contributed by atoms with E-state index in [0.29, 0.717) is 6.54 Å². The Morgan fingerprint density at radius 1 is 1.53 bits per heavy atom. The van der Waals surface area contributed by atoms with E-state index >= 15 is 0 Å². The number of alkyl halides is 3. The highest BCUT2D eigenvalue weighted by molar-refractivity contribution is 8.00. The van der Waals surface area contributed by atoms with Gasteiger partial charge >= 0.3 is 5.51 Å². The minimum absolute atomic E-state index is 0.0277. The van der Waals surface area contributed by atoms with Crippen molar-refractivity contribution >= 4 is 17.7 Å². The lowest BCUT2D eigenvalue weighted by molar-refractivity contribution is -0.119. The lowest BCUT2D eigenvalue weighted by Gasteiger charge is -2.23. The van der Waals surface area contributed by atoms with Gasteiger partial charge in [-0.2, -0.15) is 13.2 Å². The maximum atomic E-state index is 11.8. The summed E-state index contributed by atoms with van der Waals surface area (Å²) < 4.78 is 35.3. The lowest BCUT2D eigenvalue weighted by atomic mass is 10.1. The molecule has 0 bridgehead atoms. The molecular weight excluding hydrogens is 229 g/mol. The molecule has 1 rings (SSSR count). The van der Waals surface area contributed by atoms with E-state index in [1.165, 1.54) is 0 Å². The molecule has 1 atom stereocenters. The highest BCUT2D eigenvalue weighted by Crippen LogP contribution is 2.29. The molecule has 0 spiro atoms. The predicted molar refractivity (Wildman–Crippen MR) is 52.5 cm³/mol. The van der Waals surface area contributed by atoms with Gasteiger partial charge in [-0.1, -0.05) is 0 Å². The van der Waals surface area contributed by atoms with Crippen LogP contribution >= 0.6 is 11.8 Å². The SMILES string of the molecule is O=C(CSC(F)(F)F)N[C@H]1CCCNC1. The fourth-order valence-corrected chi connectivity index (χ4v) is 1.77. The van der Waals surface area contributed by atoms with Crippen LogP contribution in [-0.4, -0.2) is 36.3 Å². The monoisotopic (exact) mass is 242 g/mol. The van der Waals surface area contributed by atoms with Crippen LogP contribution in [0.3, 0.4) is 0 Å². The second-order valence-electron chi connectivity index (χ2n) is 3.35. The molecule has 1 heterocycles. The predicted octanol–water partition coefficient (Wildman–Crippen LogP) is 1.11. The molecule has 0 aromatic heterocycles. The first-order chi connectivity index (χ1) is 6.97. The lowest BCUT2D eigenvalue weighted by Crippen LogP contribution is -2.46. The van der Waals surface area contributed by atoms with Gasteiger partial charge in [-0.3, -0.25) is 4.79 Å². The summed E-state index contributed by atoms with van der Waals surface area (Å²) in [6, 6.07) is -0.0277. The molecule has 0 saturated carbocycles. The Labute approximate surface area is 90.2 Å². The van der Waals surface area contributed by atoms with E-state index in [1.54, 1.807) is 0 Å². The molecule has 0 aromatic carbocycles. The Hall–Kier alpha value is -0.430. The first-order valence-corrected chi connectivity index (χ1v) is 5.67. The summed E-state index contributed by atoms with van der Waals surface area (Å²) >= 11 is -0.302. The van der Waals surface area contributed by atoms with Crippen molar-refractivity contribution in [2.75, 3.05) is 18.8 Å². The molecule has 1 fully saturated rings. The fraction of sp³-hybridized carbons (Fsp3) is 0.875. The number of amides is 1. The third-order valence-corrected chi connectivity index (χ3v) is 2.76. The van der Waals surface area contributed by atoms with Crippen molar-refractivity contribution in [3.8, 4) is 0 Å². The smallest absolute Gasteiger partial charge is 0.351 e. The molecule has 1 aliphatic rings. The van der Waals surface area contributed by atoms with Crippen LogP contribution in [0.5, 0.6) is 0 Å². The number of thioether (sulfide) groups is 1. The Morgan fingerprint density at radius 2 is 2.27 bits per heavy atom. The van der Waals surface area contributed by atoms with Gasteiger partial charge in [0.15, 0.2) is 0 Å². The van der Waals surface area contributed by atoms with Gasteiger partial charge in [0.05, 0.1) is 5.75 Å². The number of halogens is 3. The van der Waals surface area contributed by atoms with Crippen LogP contribution in [0.15, 0.2) is 0 Å². The normalized spacial score (nSPS) is 22.5. The molecule has 0 aliphatic carbocycles. The van der Waals surface area contributed by atoms with E-state index in [4.69, 9.17) is 0 Å². The van der Waals surface area contributed by atoms with Crippen molar-refractivity contribution in [3.05, 3.63) is 0 Å². The molecule has 0 aromatic rings. The number of hydrogen-bond donors (Lipinski definition) is 2. The van der Waals surface area contributed by atoms with Crippen LogP contribution in [0.25, 0.3) is 0 Å². The largest absolute Gasteiger partial charge is 0.442 e. The summed E-state index contributed by atoms with van der Waals surface area (Å²) in [6.45, 7) is 1.55. The van der Waals surface area contributed by atoms with Gasteiger partial charge in [0.25, 0.3) is 0 Å². The average Bonchev–Trinajstić information content (AvgIpc) is 2.15. The second-order valence-corrected chi connectivity index (χ2v) is 4.39. The highest BCUT2D eigenvalue weighted by Gasteiger charge is 2.29. The van der Waals surface area contributed by atoms with E-state index in [9.17, 15) is 18.0 Å². The summed E-state index contributed by atoms with van der Waals surface area (Å²) in [6.07, 6.45) is 1.77. The molecule has 0 radical (unpaired) electrons. The zero-order chi connectivity index (χ0) is 11.3. The molecule has 15 heavy (non-hydrogen) atoms. The summed E-state index contributed by atoms with van der Waals surface area (Å²) in [4.78, 5) is 11.1. The van der Waals surface area contributed by atoms with E-state index in [2.05, 4.69) is 10.6 Å². The fourth-order valence-electron chi connectivity index (χ4n) is 1.39. The topological polar surface area (TPSA) is 41.1 Å². The van der Waals surface area contributed by atoms with Crippen LogP contribution < -0.4 is 10.6 Å². The Bertz CT molecular complexity index is 216.